The molecule has 0 radical (unpaired) electrons. The van der Waals surface area contributed by atoms with Gasteiger partial charge in [0.25, 0.3) is 0 Å². The minimum Gasteiger partial charge on any atom is -0.462 e. The molecular formula is C25H19FN4O4S. The summed E-state index contributed by atoms with van der Waals surface area (Å²) < 4.78 is 25.5. The quantitative estimate of drug-likeness (QED) is 0.372. The van der Waals surface area contributed by atoms with E-state index in [-0.39, 0.29) is 45.5 Å². The zero-order valence-corrected chi connectivity index (χ0v) is 19.3. The van der Waals surface area contributed by atoms with Crippen molar-refractivity contribution in [1.82, 2.24) is 9.78 Å². The Morgan fingerprint density at radius 3 is 2.49 bits per heavy atom. The molecule has 8 nitrogen and oxygen atoms in total. The van der Waals surface area contributed by atoms with E-state index in [4.69, 9.17) is 15.2 Å². The highest BCUT2D eigenvalue weighted by atomic mass is 32.1. The van der Waals surface area contributed by atoms with Crippen molar-refractivity contribution >= 4 is 28.3 Å². The number of anilines is 1. The number of rotatable bonds is 7. The van der Waals surface area contributed by atoms with Gasteiger partial charge in [-0.3, -0.25) is 0 Å². The first kappa shape index (κ1) is 23.7. The molecule has 0 unspecified atom stereocenters. The molecule has 2 heterocycles. The predicted molar refractivity (Wildman–Crippen MR) is 127 cm³/mol. The molecule has 0 aliphatic rings. The number of hydrogen-bond donors (Lipinski definition) is 1. The average Bonchev–Trinajstić information content (AvgIpc) is 3.45. The number of para-hydroxylation sites is 1. The van der Waals surface area contributed by atoms with E-state index in [1.54, 1.807) is 6.92 Å². The van der Waals surface area contributed by atoms with E-state index >= 15 is 0 Å². The van der Waals surface area contributed by atoms with E-state index in [2.05, 4.69) is 5.10 Å². The van der Waals surface area contributed by atoms with Crippen LogP contribution in [0.3, 0.4) is 0 Å². The Morgan fingerprint density at radius 2 is 1.83 bits per heavy atom. The van der Waals surface area contributed by atoms with Crippen molar-refractivity contribution in [3.8, 4) is 23.0 Å². The number of benzene rings is 2. The molecule has 0 bridgehead atoms. The third-order valence-electron chi connectivity index (χ3n) is 5.03. The number of nitrogens with zero attached hydrogens (tertiary/aromatic N) is 3. The predicted octanol–water partition coefficient (Wildman–Crippen LogP) is 4.73. The highest BCUT2D eigenvalue weighted by Crippen LogP contribution is 2.32. The number of nitrogens with two attached hydrogens (primary N) is 1. The number of hydrogen-bond acceptors (Lipinski definition) is 8. The van der Waals surface area contributed by atoms with Gasteiger partial charge in [-0.05, 0) is 43.3 Å². The number of halogens is 1. The van der Waals surface area contributed by atoms with E-state index < -0.39 is 17.8 Å². The van der Waals surface area contributed by atoms with Gasteiger partial charge in [-0.15, -0.1) is 11.3 Å². The molecule has 0 saturated heterocycles. The number of nitrogen functional groups attached to an aromatic ring is 1. The van der Waals surface area contributed by atoms with Gasteiger partial charge in [0.15, 0.2) is 0 Å². The number of thiophene rings is 1. The second kappa shape index (κ2) is 10.2. The van der Waals surface area contributed by atoms with Gasteiger partial charge in [-0.2, -0.15) is 10.4 Å². The summed E-state index contributed by atoms with van der Waals surface area (Å²) in [5, 5.41) is 14.1. The lowest BCUT2D eigenvalue weighted by Gasteiger charge is -2.07. The molecule has 4 aromatic rings. The van der Waals surface area contributed by atoms with Gasteiger partial charge in [0.1, 0.15) is 39.6 Å². The van der Waals surface area contributed by atoms with E-state index in [0.29, 0.717) is 11.3 Å². The number of carbonyl (C=O) groups excluding carboxylic acids is 2. The van der Waals surface area contributed by atoms with E-state index in [0.717, 1.165) is 11.3 Å². The van der Waals surface area contributed by atoms with Gasteiger partial charge in [0.05, 0.1) is 17.9 Å². The molecule has 0 atom stereocenters. The SMILES string of the molecule is CCOC(=O)c1sc(N)c(C#N)c1COC(=O)c1cn(-c2ccccc2)nc1-c1ccc(F)cc1. The molecule has 10 heteroatoms. The first-order valence-corrected chi connectivity index (χ1v) is 11.3. The summed E-state index contributed by atoms with van der Waals surface area (Å²) in [6.45, 7) is 1.42. The summed E-state index contributed by atoms with van der Waals surface area (Å²) in [7, 11) is 0. The second-order valence-corrected chi connectivity index (χ2v) is 8.29. The molecule has 0 aliphatic heterocycles. The second-order valence-electron chi connectivity index (χ2n) is 7.24. The van der Waals surface area contributed by atoms with E-state index in [9.17, 15) is 19.2 Å². The van der Waals surface area contributed by atoms with Gasteiger partial charge in [-0.1, -0.05) is 18.2 Å². The summed E-state index contributed by atoms with van der Waals surface area (Å²) in [6.07, 6.45) is 1.51. The highest BCUT2D eigenvalue weighted by Gasteiger charge is 2.26. The molecule has 2 aromatic heterocycles. The molecule has 2 aromatic carbocycles. The molecule has 0 aliphatic carbocycles. The summed E-state index contributed by atoms with van der Waals surface area (Å²) in [5.74, 6) is -1.82. The van der Waals surface area contributed by atoms with Crippen LogP contribution in [0.1, 0.15) is 38.1 Å². The number of nitriles is 1. The lowest BCUT2D eigenvalue weighted by Crippen LogP contribution is -2.10. The van der Waals surface area contributed by atoms with Gasteiger partial charge in [0.2, 0.25) is 0 Å². The Kier molecular flexibility index (Phi) is 6.89. The largest absolute Gasteiger partial charge is 0.462 e. The van der Waals surface area contributed by atoms with E-state index in [1.165, 1.54) is 35.1 Å². The van der Waals surface area contributed by atoms with Crippen LogP contribution < -0.4 is 5.73 Å². The van der Waals surface area contributed by atoms with Crippen LogP contribution in [0.15, 0.2) is 60.8 Å². The van der Waals surface area contributed by atoms with Crippen molar-refractivity contribution in [2.75, 3.05) is 12.3 Å². The van der Waals surface area contributed by atoms with Crippen LogP contribution in [-0.4, -0.2) is 28.3 Å². The van der Waals surface area contributed by atoms with Crippen molar-refractivity contribution in [3.05, 3.63) is 88.2 Å². The van der Waals surface area contributed by atoms with E-state index in [1.807, 2.05) is 36.4 Å². The Bertz CT molecular complexity index is 1420. The third-order valence-corrected chi connectivity index (χ3v) is 6.07. The number of ether oxygens (including phenoxy) is 2. The van der Waals surface area contributed by atoms with Gasteiger partial charge in [-0.25, -0.2) is 18.7 Å². The van der Waals surface area contributed by atoms with Crippen LogP contribution in [0.5, 0.6) is 0 Å². The summed E-state index contributed by atoms with van der Waals surface area (Å²) in [6, 6.07) is 16.6. The van der Waals surface area contributed by atoms with Crippen LogP contribution >= 0.6 is 11.3 Å². The number of esters is 2. The Balaban J connectivity index is 1.69. The van der Waals surface area contributed by atoms with Gasteiger partial charge >= 0.3 is 11.9 Å². The maximum Gasteiger partial charge on any atom is 0.348 e. The zero-order valence-electron chi connectivity index (χ0n) is 18.5. The van der Waals surface area contributed by atoms with Crippen LogP contribution in [0.2, 0.25) is 0 Å². The first-order chi connectivity index (χ1) is 16.9. The van der Waals surface area contributed by atoms with Crippen molar-refractivity contribution in [2.24, 2.45) is 0 Å². The molecule has 0 amide bonds. The monoisotopic (exact) mass is 490 g/mol. The molecule has 0 saturated carbocycles. The lowest BCUT2D eigenvalue weighted by molar-refractivity contribution is 0.0453. The van der Waals surface area contributed by atoms with Crippen molar-refractivity contribution in [1.29, 1.82) is 5.26 Å². The minimum absolute atomic E-state index is 0.0598. The fourth-order valence-corrected chi connectivity index (χ4v) is 4.30. The average molecular weight is 491 g/mol. The standard InChI is InChI=1S/C25H19FN4O4S/c1-2-33-25(32)22-20(18(12-27)23(28)35-22)14-34-24(31)19-13-30(17-6-4-3-5-7-17)29-21(19)15-8-10-16(26)11-9-15/h3-11,13H,2,14,28H2,1H3. The zero-order chi connectivity index (χ0) is 24.9. The Labute approximate surface area is 203 Å². The fourth-order valence-electron chi connectivity index (χ4n) is 3.38. The maximum absolute atomic E-state index is 13.5. The van der Waals surface area contributed by atoms with Gasteiger partial charge in [0, 0.05) is 17.3 Å². The smallest absolute Gasteiger partial charge is 0.348 e. The van der Waals surface area contributed by atoms with Crippen LogP contribution in [0.4, 0.5) is 9.39 Å². The molecular weight excluding hydrogens is 471 g/mol. The summed E-state index contributed by atoms with van der Waals surface area (Å²) >= 11 is 0.901. The molecule has 35 heavy (non-hydrogen) atoms. The summed E-state index contributed by atoms with van der Waals surface area (Å²) in [5.41, 5.74) is 7.76. The number of carbonyl (C=O) groups is 2. The third kappa shape index (κ3) is 4.90. The molecule has 4 rings (SSSR count). The van der Waals surface area contributed by atoms with Crippen LogP contribution in [0, 0.1) is 17.1 Å². The Hall–Kier alpha value is -4.49. The molecule has 0 fully saturated rings. The van der Waals surface area contributed by atoms with Crippen LogP contribution in [-0.2, 0) is 16.1 Å². The summed E-state index contributed by atoms with van der Waals surface area (Å²) in [4.78, 5) is 25.6. The maximum atomic E-state index is 13.5. The van der Waals surface area contributed by atoms with Crippen LogP contribution in [0.25, 0.3) is 16.9 Å². The highest BCUT2D eigenvalue weighted by molar-refractivity contribution is 7.18. The van der Waals surface area contributed by atoms with Crippen molar-refractivity contribution in [3.63, 3.8) is 0 Å². The first-order valence-electron chi connectivity index (χ1n) is 10.5. The fraction of sp³-hybridized carbons (Fsp3) is 0.120. The van der Waals surface area contributed by atoms with Crippen molar-refractivity contribution in [2.45, 2.75) is 13.5 Å². The topological polar surface area (TPSA) is 120 Å². The van der Waals surface area contributed by atoms with Gasteiger partial charge < -0.3 is 15.2 Å². The normalized spacial score (nSPS) is 10.5. The molecule has 2 N–H and O–H groups in total. The Morgan fingerprint density at radius 1 is 1.11 bits per heavy atom. The molecule has 176 valence electrons. The number of aromatic nitrogens is 2. The minimum atomic E-state index is -0.741. The van der Waals surface area contributed by atoms with Crippen molar-refractivity contribution < 1.29 is 23.5 Å². The lowest BCUT2D eigenvalue weighted by atomic mass is 10.1. The molecule has 0 spiro atoms.